The van der Waals surface area contributed by atoms with Crippen molar-refractivity contribution in [2.45, 2.75) is 25.9 Å². The van der Waals surface area contributed by atoms with Crippen LogP contribution in [-0.4, -0.2) is 40.3 Å². The van der Waals surface area contributed by atoms with Gasteiger partial charge in [0, 0.05) is 19.1 Å². The van der Waals surface area contributed by atoms with Crippen molar-refractivity contribution in [2.75, 3.05) is 18.5 Å². The van der Waals surface area contributed by atoms with E-state index in [1.54, 1.807) is 0 Å². The molecule has 0 amide bonds. The second-order valence-corrected chi connectivity index (χ2v) is 4.34. The first-order chi connectivity index (χ1) is 8.70. The van der Waals surface area contributed by atoms with E-state index in [4.69, 9.17) is 9.84 Å². The number of aromatic carboxylic acids is 1. The Kier molecular flexibility index (Phi) is 4.09. The summed E-state index contributed by atoms with van der Waals surface area (Å²) in [5, 5.41) is 11.9. The minimum atomic E-state index is -1.07. The maximum atomic E-state index is 10.6. The first-order valence-electron chi connectivity index (χ1n) is 6.11. The molecule has 1 aliphatic rings. The molecule has 0 aromatic carbocycles. The predicted octanol–water partition coefficient (Wildman–Crippen LogP) is 1.40. The molecule has 1 aliphatic heterocycles. The van der Waals surface area contributed by atoms with Crippen LogP contribution in [0.1, 0.15) is 30.3 Å². The molecular weight excluding hydrogens is 234 g/mol. The number of hydrogen-bond acceptors (Lipinski definition) is 5. The molecule has 98 valence electrons. The van der Waals surface area contributed by atoms with E-state index in [1.807, 2.05) is 0 Å². The van der Waals surface area contributed by atoms with Crippen LogP contribution in [0, 0.1) is 5.92 Å². The molecule has 0 aliphatic carbocycles. The van der Waals surface area contributed by atoms with Crippen LogP contribution in [0.3, 0.4) is 0 Å². The zero-order chi connectivity index (χ0) is 13.0. The molecule has 1 aromatic rings. The van der Waals surface area contributed by atoms with Crippen molar-refractivity contribution in [1.29, 1.82) is 0 Å². The van der Waals surface area contributed by atoms with Crippen LogP contribution in [0.15, 0.2) is 12.4 Å². The summed E-state index contributed by atoms with van der Waals surface area (Å²) in [5.74, 6) is 0.0157. The normalized spacial score (nSPS) is 22.9. The van der Waals surface area contributed by atoms with Gasteiger partial charge >= 0.3 is 5.97 Å². The predicted molar refractivity (Wildman–Crippen MR) is 65.6 cm³/mol. The highest BCUT2D eigenvalue weighted by atomic mass is 16.5. The average Bonchev–Trinajstić information content (AvgIpc) is 2.84. The van der Waals surface area contributed by atoms with Crippen molar-refractivity contribution in [3.05, 3.63) is 18.1 Å². The smallest absolute Gasteiger partial charge is 0.356 e. The number of carbonyl (C=O) groups is 1. The van der Waals surface area contributed by atoms with Gasteiger partial charge in [-0.1, -0.05) is 6.92 Å². The maximum Gasteiger partial charge on any atom is 0.356 e. The molecule has 2 rings (SSSR count). The van der Waals surface area contributed by atoms with Crippen molar-refractivity contribution in [3.63, 3.8) is 0 Å². The van der Waals surface area contributed by atoms with Crippen LogP contribution in [0.2, 0.25) is 0 Å². The fourth-order valence-electron chi connectivity index (χ4n) is 2.14. The average molecular weight is 251 g/mol. The Bertz CT molecular complexity index is 408. The second kappa shape index (κ2) is 5.77. The van der Waals surface area contributed by atoms with Crippen LogP contribution in [0.25, 0.3) is 0 Å². The molecule has 1 fully saturated rings. The molecule has 2 N–H and O–H groups in total. The third kappa shape index (κ3) is 2.95. The van der Waals surface area contributed by atoms with Crippen molar-refractivity contribution in [2.24, 2.45) is 5.92 Å². The molecule has 0 radical (unpaired) electrons. The number of nitrogens with zero attached hydrogens (tertiary/aromatic N) is 2. The van der Waals surface area contributed by atoms with Gasteiger partial charge in [-0.05, 0) is 12.8 Å². The maximum absolute atomic E-state index is 10.6. The second-order valence-electron chi connectivity index (χ2n) is 4.34. The van der Waals surface area contributed by atoms with E-state index < -0.39 is 5.97 Å². The van der Waals surface area contributed by atoms with Gasteiger partial charge in [-0.2, -0.15) is 0 Å². The standard InChI is InChI=1S/C12H17N3O3/c1-2-10-8(3-4-18-10)5-14-11-7-13-9(6-15-11)12(16)17/h6-8,10H,2-5H2,1H3,(H,14,15)(H,16,17). The van der Waals surface area contributed by atoms with E-state index in [-0.39, 0.29) is 5.69 Å². The Hall–Kier alpha value is -1.69. The molecule has 1 aromatic heterocycles. The number of hydrogen-bond donors (Lipinski definition) is 2. The Morgan fingerprint density at radius 3 is 3.00 bits per heavy atom. The van der Waals surface area contributed by atoms with Gasteiger partial charge < -0.3 is 15.2 Å². The SMILES string of the molecule is CCC1OCCC1CNc1cnc(C(=O)O)cn1. The van der Waals surface area contributed by atoms with E-state index in [0.29, 0.717) is 17.8 Å². The summed E-state index contributed by atoms with van der Waals surface area (Å²) in [6, 6.07) is 0. The molecule has 18 heavy (non-hydrogen) atoms. The Balaban J connectivity index is 1.88. The molecule has 0 saturated carbocycles. The zero-order valence-electron chi connectivity index (χ0n) is 10.3. The van der Waals surface area contributed by atoms with Crippen LogP contribution in [0.4, 0.5) is 5.82 Å². The molecule has 0 spiro atoms. The highest BCUT2D eigenvalue weighted by Gasteiger charge is 2.26. The monoisotopic (exact) mass is 251 g/mol. The largest absolute Gasteiger partial charge is 0.476 e. The number of carboxylic acids is 1. The van der Waals surface area contributed by atoms with Crippen LogP contribution in [0.5, 0.6) is 0 Å². The third-order valence-corrected chi connectivity index (χ3v) is 3.17. The molecule has 6 nitrogen and oxygen atoms in total. The zero-order valence-corrected chi connectivity index (χ0v) is 10.3. The number of carboxylic acid groups (broad SMARTS) is 1. The van der Waals surface area contributed by atoms with E-state index >= 15 is 0 Å². The summed E-state index contributed by atoms with van der Waals surface area (Å²) >= 11 is 0. The van der Waals surface area contributed by atoms with E-state index in [2.05, 4.69) is 22.2 Å². The Labute approximate surface area is 105 Å². The first-order valence-corrected chi connectivity index (χ1v) is 6.11. The first kappa shape index (κ1) is 12.8. The van der Waals surface area contributed by atoms with Gasteiger partial charge in [0.15, 0.2) is 5.69 Å². The highest BCUT2D eigenvalue weighted by Crippen LogP contribution is 2.23. The van der Waals surface area contributed by atoms with Crippen molar-refractivity contribution in [1.82, 2.24) is 9.97 Å². The van der Waals surface area contributed by atoms with Gasteiger partial charge in [-0.3, -0.25) is 0 Å². The lowest BCUT2D eigenvalue weighted by molar-refractivity contribution is 0.0690. The third-order valence-electron chi connectivity index (χ3n) is 3.17. The molecule has 2 heterocycles. The number of rotatable bonds is 5. The fourth-order valence-corrected chi connectivity index (χ4v) is 2.14. The number of anilines is 1. The lowest BCUT2D eigenvalue weighted by Gasteiger charge is -2.17. The lowest BCUT2D eigenvalue weighted by Crippen LogP contribution is -2.23. The van der Waals surface area contributed by atoms with E-state index in [0.717, 1.165) is 26.0 Å². The van der Waals surface area contributed by atoms with Crippen LogP contribution >= 0.6 is 0 Å². The highest BCUT2D eigenvalue weighted by molar-refractivity contribution is 5.84. The molecule has 6 heteroatoms. The van der Waals surface area contributed by atoms with Crippen molar-refractivity contribution < 1.29 is 14.6 Å². The van der Waals surface area contributed by atoms with Gasteiger partial charge in [0.2, 0.25) is 0 Å². The lowest BCUT2D eigenvalue weighted by atomic mass is 10.00. The summed E-state index contributed by atoms with van der Waals surface area (Å²) in [5.41, 5.74) is -0.0452. The Morgan fingerprint density at radius 1 is 1.56 bits per heavy atom. The van der Waals surface area contributed by atoms with Gasteiger partial charge in [-0.15, -0.1) is 0 Å². The fraction of sp³-hybridized carbons (Fsp3) is 0.583. The minimum absolute atomic E-state index is 0.0452. The van der Waals surface area contributed by atoms with Crippen LogP contribution < -0.4 is 5.32 Å². The molecule has 2 unspecified atom stereocenters. The quantitative estimate of drug-likeness (QED) is 0.823. The molecule has 1 saturated heterocycles. The number of aromatic nitrogens is 2. The summed E-state index contributed by atoms with van der Waals surface area (Å²) in [4.78, 5) is 18.4. The van der Waals surface area contributed by atoms with Gasteiger partial charge in [0.1, 0.15) is 5.82 Å². The van der Waals surface area contributed by atoms with Crippen LogP contribution in [-0.2, 0) is 4.74 Å². The Morgan fingerprint density at radius 2 is 2.39 bits per heavy atom. The van der Waals surface area contributed by atoms with Crippen molar-refractivity contribution in [3.8, 4) is 0 Å². The molecule has 0 bridgehead atoms. The summed E-state index contributed by atoms with van der Waals surface area (Å²) in [6.07, 6.45) is 5.07. The summed E-state index contributed by atoms with van der Waals surface area (Å²) in [6.45, 7) is 3.71. The van der Waals surface area contributed by atoms with E-state index in [1.165, 1.54) is 12.4 Å². The van der Waals surface area contributed by atoms with E-state index in [9.17, 15) is 4.79 Å². The number of nitrogens with one attached hydrogen (secondary N) is 1. The summed E-state index contributed by atoms with van der Waals surface area (Å²) in [7, 11) is 0. The molecular formula is C12H17N3O3. The molecule has 2 atom stereocenters. The number of ether oxygens (including phenoxy) is 1. The minimum Gasteiger partial charge on any atom is -0.476 e. The van der Waals surface area contributed by atoms with Gasteiger partial charge in [-0.25, -0.2) is 14.8 Å². The van der Waals surface area contributed by atoms with Gasteiger partial charge in [0.25, 0.3) is 0 Å². The van der Waals surface area contributed by atoms with Gasteiger partial charge in [0.05, 0.1) is 18.5 Å². The topological polar surface area (TPSA) is 84.3 Å². The van der Waals surface area contributed by atoms with Crippen molar-refractivity contribution >= 4 is 11.8 Å². The summed E-state index contributed by atoms with van der Waals surface area (Å²) < 4.78 is 5.60.